The predicted molar refractivity (Wildman–Crippen MR) is 42.2 cm³/mol. The summed E-state index contributed by atoms with van der Waals surface area (Å²) in [5.74, 6) is -0.695. The summed E-state index contributed by atoms with van der Waals surface area (Å²) in [7, 11) is 0. The average Bonchev–Trinajstić information content (AvgIpc) is 2.67. The molecule has 2 bridgehead atoms. The molecule has 0 N–H and O–H groups in total. The van der Waals surface area contributed by atoms with Crippen molar-refractivity contribution >= 4 is 11.9 Å². The third-order valence-electron chi connectivity index (χ3n) is 3.09. The van der Waals surface area contributed by atoms with E-state index in [4.69, 9.17) is 14.2 Å². The smallest absolute Gasteiger partial charge is 0.312 e. The Labute approximate surface area is 80.3 Å². The molecule has 0 spiro atoms. The summed E-state index contributed by atoms with van der Waals surface area (Å²) in [6.45, 7) is 1.35. The van der Waals surface area contributed by atoms with Gasteiger partial charge in [-0.15, -0.1) is 0 Å². The third kappa shape index (κ3) is 0.877. The maximum absolute atomic E-state index is 11.3. The van der Waals surface area contributed by atoms with Gasteiger partial charge >= 0.3 is 11.9 Å². The minimum atomic E-state index is -0.389. The van der Waals surface area contributed by atoms with Gasteiger partial charge in [-0.05, 0) is 6.42 Å². The molecule has 5 heteroatoms. The van der Waals surface area contributed by atoms with Crippen LogP contribution in [-0.2, 0) is 23.8 Å². The van der Waals surface area contributed by atoms with Gasteiger partial charge in [0, 0.05) is 6.92 Å². The van der Waals surface area contributed by atoms with Gasteiger partial charge in [0.25, 0.3) is 0 Å². The van der Waals surface area contributed by atoms with Crippen molar-refractivity contribution in [1.82, 2.24) is 0 Å². The van der Waals surface area contributed by atoms with E-state index in [1.54, 1.807) is 0 Å². The van der Waals surface area contributed by atoms with Crippen LogP contribution in [0.4, 0.5) is 0 Å². The largest absolute Gasteiger partial charge is 0.456 e. The molecule has 76 valence electrons. The molecular formula is C9H10O5. The second kappa shape index (κ2) is 2.48. The first kappa shape index (κ1) is 8.23. The molecule has 3 heterocycles. The van der Waals surface area contributed by atoms with Crippen molar-refractivity contribution in [2.24, 2.45) is 5.92 Å². The summed E-state index contributed by atoms with van der Waals surface area (Å²) >= 11 is 0. The maximum Gasteiger partial charge on any atom is 0.312 e. The molecule has 0 aromatic rings. The van der Waals surface area contributed by atoms with Crippen LogP contribution >= 0.6 is 0 Å². The van der Waals surface area contributed by atoms with Crippen LogP contribution in [0.15, 0.2) is 0 Å². The van der Waals surface area contributed by atoms with Gasteiger partial charge in [-0.3, -0.25) is 9.59 Å². The highest BCUT2D eigenvalue weighted by Gasteiger charge is 2.64. The molecule has 3 aliphatic heterocycles. The number of esters is 2. The van der Waals surface area contributed by atoms with E-state index < -0.39 is 0 Å². The Morgan fingerprint density at radius 3 is 3.00 bits per heavy atom. The van der Waals surface area contributed by atoms with E-state index in [0.29, 0.717) is 6.42 Å². The van der Waals surface area contributed by atoms with Crippen molar-refractivity contribution in [2.75, 3.05) is 0 Å². The Hall–Kier alpha value is -1.10. The molecule has 0 saturated carbocycles. The fourth-order valence-corrected chi connectivity index (χ4v) is 2.57. The lowest BCUT2D eigenvalue weighted by molar-refractivity contribution is -0.158. The second-order valence-corrected chi connectivity index (χ2v) is 3.96. The molecule has 3 fully saturated rings. The van der Waals surface area contributed by atoms with Crippen LogP contribution < -0.4 is 0 Å². The van der Waals surface area contributed by atoms with Gasteiger partial charge in [0.1, 0.15) is 6.10 Å². The lowest BCUT2D eigenvalue weighted by Crippen LogP contribution is -2.39. The summed E-state index contributed by atoms with van der Waals surface area (Å²) in [5, 5.41) is 0. The van der Waals surface area contributed by atoms with Crippen LogP contribution in [0.3, 0.4) is 0 Å². The second-order valence-electron chi connectivity index (χ2n) is 3.96. The van der Waals surface area contributed by atoms with Crippen molar-refractivity contribution in [3.8, 4) is 0 Å². The first-order chi connectivity index (χ1) is 6.66. The number of fused-ring (bicyclic) bond motifs is 1. The Morgan fingerprint density at radius 2 is 2.29 bits per heavy atom. The molecule has 14 heavy (non-hydrogen) atoms. The molecule has 0 radical (unpaired) electrons. The summed E-state index contributed by atoms with van der Waals surface area (Å²) < 4.78 is 15.7. The Morgan fingerprint density at radius 1 is 1.50 bits per heavy atom. The number of hydrogen-bond donors (Lipinski definition) is 0. The van der Waals surface area contributed by atoms with E-state index in [1.807, 2.05) is 0 Å². The zero-order valence-corrected chi connectivity index (χ0v) is 7.64. The van der Waals surface area contributed by atoms with Gasteiger partial charge in [0.15, 0.2) is 12.2 Å². The number of carbonyl (C=O) groups excluding carboxylic acids is 2. The van der Waals surface area contributed by atoms with E-state index in [-0.39, 0.29) is 42.3 Å². The Balaban J connectivity index is 1.85. The molecular weight excluding hydrogens is 188 g/mol. The predicted octanol–water partition coefficient (Wildman–Crippen LogP) is -0.369. The average molecular weight is 198 g/mol. The molecule has 0 aromatic carbocycles. The van der Waals surface area contributed by atoms with Crippen molar-refractivity contribution in [1.29, 1.82) is 0 Å². The van der Waals surface area contributed by atoms with E-state index in [9.17, 15) is 9.59 Å². The van der Waals surface area contributed by atoms with Crippen molar-refractivity contribution in [3.05, 3.63) is 0 Å². The number of rotatable bonds is 1. The topological polar surface area (TPSA) is 61.8 Å². The summed E-state index contributed by atoms with van der Waals surface area (Å²) in [5.41, 5.74) is 0. The number of hydrogen-bond acceptors (Lipinski definition) is 5. The zero-order valence-electron chi connectivity index (χ0n) is 7.64. The van der Waals surface area contributed by atoms with E-state index in [2.05, 4.69) is 0 Å². The summed E-state index contributed by atoms with van der Waals surface area (Å²) in [4.78, 5) is 22.1. The first-order valence-corrected chi connectivity index (χ1v) is 4.70. The summed E-state index contributed by atoms with van der Waals surface area (Å²) in [6.07, 6.45) is -0.463. The van der Waals surface area contributed by atoms with Crippen molar-refractivity contribution in [3.63, 3.8) is 0 Å². The zero-order chi connectivity index (χ0) is 9.87. The van der Waals surface area contributed by atoms with Gasteiger partial charge in [-0.2, -0.15) is 0 Å². The lowest BCUT2D eigenvalue weighted by Gasteiger charge is -2.21. The minimum Gasteiger partial charge on any atom is -0.456 e. The maximum atomic E-state index is 11.3. The molecule has 3 rings (SSSR count). The first-order valence-electron chi connectivity index (χ1n) is 4.70. The highest BCUT2D eigenvalue weighted by Crippen LogP contribution is 2.47. The van der Waals surface area contributed by atoms with Gasteiger partial charge in [-0.1, -0.05) is 0 Å². The van der Waals surface area contributed by atoms with Gasteiger partial charge in [-0.25, -0.2) is 0 Å². The Kier molecular flexibility index (Phi) is 1.45. The molecule has 5 atom stereocenters. The van der Waals surface area contributed by atoms with Gasteiger partial charge in [0.05, 0.1) is 12.0 Å². The Bertz CT molecular complexity index is 312. The molecule has 0 aliphatic carbocycles. The van der Waals surface area contributed by atoms with Crippen molar-refractivity contribution in [2.45, 2.75) is 37.8 Å². The molecule has 0 amide bonds. The van der Waals surface area contributed by atoms with Crippen LogP contribution in [0.1, 0.15) is 13.3 Å². The van der Waals surface area contributed by atoms with Crippen molar-refractivity contribution < 1.29 is 23.8 Å². The third-order valence-corrected chi connectivity index (χ3v) is 3.09. The quantitative estimate of drug-likeness (QED) is 0.538. The van der Waals surface area contributed by atoms with Crippen LogP contribution in [0.2, 0.25) is 0 Å². The van der Waals surface area contributed by atoms with Gasteiger partial charge in [0.2, 0.25) is 0 Å². The van der Waals surface area contributed by atoms with Crippen LogP contribution in [0.25, 0.3) is 0 Å². The monoisotopic (exact) mass is 198 g/mol. The highest BCUT2D eigenvalue weighted by atomic mass is 16.7. The molecule has 0 unspecified atom stereocenters. The fourth-order valence-electron chi connectivity index (χ4n) is 2.57. The fraction of sp³-hybridized carbons (Fsp3) is 0.778. The number of carbonyl (C=O) groups is 2. The van der Waals surface area contributed by atoms with E-state index in [1.165, 1.54) is 6.92 Å². The lowest BCUT2D eigenvalue weighted by atomic mass is 9.88. The molecule has 5 nitrogen and oxygen atoms in total. The van der Waals surface area contributed by atoms with Crippen LogP contribution in [0.5, 0.6) is 0 Å². The highest BCUT2D eigenvalue weighted by molar-refractivity contribution is 5.77. The standard InChI is InChI=1S/C9H10O5/c1-3(10)12-7-5-2-4-6(13-5)8(7)14-9(4)11/h4-8H,2H2,1H3/t4-,5-,6+,7-,8-/m0/s1. The van der Waals surface area contributed by atoms with E-state index in [0.717, 1.165) is 0 Å². The van der Waals surface area contributed by atoms with Crippen LogP contribution in [0, 0.1) is 5.92 Å². The van der Waals surface area contributed by atoms with Crippen LogP contribution in [-0.4, -0.2) is 36.4 Å². The SMILES string of the molecule is CC(=O)O[C@@H]1[C@H]2OC(=O)[C@H]3C[C@@H]1O[C@@H]23. The van der Waals surface area contributed by atoms with E-state index >= 15 is 0 Å². The number of ether oxygens (including phenoxy) is 3. The summed E-state index contributed by atoms with van der Waals surface area (Å²) in [6, 6.07) is 0. The van der Waals surface area contributed by atoms with Gasteiger partial charge < -0.3 is 14.2 Å². The normalized spacial score (nSPS) is 48.1. The minimum absolute atomic E-state index is 0.128. The molecule has 3 saturated heterocycles. The molecule has 0 aromatic heterocycles. The molecule has 3 aliphatic rings.